The number of aliphatic imine (C=N–C) groups is 1. The number of rotatable bonds is 10. The first-order chi connectivity index (χ1) is 11.8. The fourth-order valence-corrected chi connectivity index (χ4v) is 2.45. The second kappa shape index (κ2) is 12.7. The van der Waals surface area contributed by atoms with Gasteiger partial charge in [0.05, 0.1) is 12.2 Å². The number of hydrogen-bond donors (Lipinski definition) is 2. The molecule has 6 nitrogen and oxygen atoms in total. The van der Waals surface area contributed by atoms with Gasteiger partial charge < -0.3 is 11.1 Å². The summed E-state index contributed by atoms with van der Waals surface area (Å²) in [5.74, 6) is 0.518. The molecule has 1 aromatic heterocycles. The second-order valence-corrected chi connectivity index (χ2v) is 5.90. The molecule has 0 fully saturated rings. The molecule has 0 unspecified atom stereocenters. The minimum Gasteiger partial charge on any atom is -0.370 e. The summed E-state index contributed by atoms with van der Waals surface area (Å²) in [5.41, 5.74) is 8.00. The Morgan fingerprint density at radius 3 is 2.52 bits per heavy atom. The molecule has 25 heavy (non-hydrogen) atoms. The summed E-state index contributed by atoms with van der Waals surface area (Å²) in [6.07, 6.45) is 10.9. The van der Waals surface area contributed by atoms with Crippen molar-refractivity contribution in [2.45, 2.75) is 52.0 Å². The minimum absolute atomic E-state index is 0. The molecule has 1 aromatic carbocycles. The highest BCUT2D eigenvalue weighted by molar-refractivity contribution is 14.0. The van der Waals surface area contributed by atoms with Gasteiger partial charge in [-0.1, -0.05) is 51.2 Å². The van der Waals surface area contributed by atoms with Gasteiger partial charge in [-0.2, -0.15) is 5.10 Å². The van der Waals surface area contributed by atoms with E-state index in [1.165, 1.54) is 38.4 Å². The second-order valence-electron chi connectivity index (χ2n) is 5.90. The molecule has 0 saturated carbocycles. The maximum atomic E-state index is 5.91. The van der Waals surface area contributed by atoms with E-state index in [2.05, 4.69) is 27.3 Å². The van der Waals surface area contributed by atoms with Crippen LogP contribution in [-0.4, -0.2) is 27.3 Å². The molecule has 0 aliphatic carbocycles. The lowest BCUT2D eigenvalue weighted by Gasteiger charge is -2.06. The van der Waals surface area contributed by atoms with Gasteiger partial charge in [-0.05, 0) is 24.1 Å². The largest absolute Gasteiger partial charge is 0.370 e. The number of benzene rings is 1. The first-order valence-electron chi connectivity index (χ1n) is 8.77. The third-order valence-corrected chi connectivity index (χ3v) is 3.89. The van der Waals surface area contributed by atoms with Crippen LogP contribution >= 0.6 is 24.0 Å². The monoisotopic (exact) mass is 456 g/mol. The maximum absolute atomic E-state index is 5.91. The smallest absolute Gasteiger partial charge is 0.188 e. The van der Waals surface area contributed by atoms with Crippen molar-refractivity contribution in [3.8, 4) is 5.69 Å². The van der Waals surface area contributed by atoms with Crippen LogP contribution in [0.2, 0.25) is 0 Å². The molecular weight excluding hydrogens is 427 g/mol. The number of hydrogen-bond acceptors (Lipinski definition) is 3. The number of guanidine groups is 1. The van der Waals surface area contributed by atoms with E-state index in [0.717, 1.165) is 24.2 Å². The van der Waals surface area contributed by atoms with Gasteiger partial charge in [0.1, 0.15) is 12.7 Å². The molecule has 0 amide bonds. The van der Waals surface area contributed by atoms with Gasteiger partial charge in [0, 0.05) is 6.54 Å². The summed E-state index contributed by atoms with van der Waals surface area (Å²) < 4.78 is 1.73. The van der Waals surface area contributed by atoms with Gasteiger partial charge in [0.25, 0.3) is 0 Å². The summed E-state index contributed by atoms with van der Waals surface area (Å²) in [4.78, 5) is 8.32. The van der Waals surface area contributed by atoms with Gasteiger partial charge >= 0.3 is 0 Å². The average molecular weight is 456 g/mol. The normalized spacial score (nSPS) is 11.2. The summed E-state index contributed by atoms with van der Waals surface area (Å²) in [7, 11) is 0. The number of nitrogens with two attached hydrogens (primary N) is 1. The molecule has 0 radical (unpaired) electrons. The van der Waals surface area contributed by atoms with Crippen molar-refractivity contribution in [2.75, 3.05) is 6.54 Å². The van der Waals surface area contributed by atoms with Crippen molar-refractivity contribution < 1.29 is 0 Å². The molecule has 2 aromatic rings. The Bertz CT molecular complexity index is 595. The van der Waals surface area contributed by atoms with Crippen LogP contribution in [0, 0.1) is 0 Å². The molecule has 7 heteroatoms. The van der Waals surface area contributed by atoms with E-state index in [0.29, 0.717) is 12.5 Å². The van der Waals surface area contributed by atoms with Crippen molar-refractivity contribution in [3.63, 3.8) is 0 Å². The van der Waals surface area contributed by atoms with Crippen LogP contribution in [-0.2, 0) is 6.54 Å². The number of unbranched alkanes of at least 4 members (excludes halogenated alkanes) is 5. The van der Waals surface area contributed by atoms with Gasteiger partial charge in [-0.15, -0.1) is 24.0 Å². The Hall–Kier alpha value is -1.64. The molecule has 0 saturated heterocycles. The zero-order valence-electron chi connectivity index (χ0n) is 14.9. The number of halogens is 1. The maximum Gasteiger partial charge on any atom is 0.188 e. The van der Waals surface area contributed by atoms with Gasteiger partial charge in [0.2, 0.25) is 0 Å². The Labute approximate surface area is 167 Å². The fourth-order valence-electron chi connectivity index (χ4n) is 2.45. The third kappa shape index (κ3) is 8.33. The van der Waals surface area contributed by atoms with E-state index in [9.17, 15) is 0 Å². The summed E-state index contributed by atoms with van der Waals surface area (Å²) in [6.45, 7) is 3.71. The molecule has 0 atom stereocenters. The Morgan fingerprint density at radius 2 is 1.84 bits per heavy atom. The van der Waals surface area contributed by atoms with Crippen LogP contribution in [0.1, 0.15) is 51.0 Å². The van der Waals surface area contributed by atoms with E-state index < -0.39 is 0 Å². The molecule has 0 aliphatic heterocycles. The summed E-state index contributed by atoms with van der Waals surface area (Å²) >= 11 is 0. The summed E-state index contributed by atoms with van der Waals surface area (Å²) in [5, 5.41) is 7.29. The minimum atomic E-state index is 0. The van der Waals surface area contributed by atoms with E-state index in [4.69, 9.17) is 5.73 Å². The van der Waals surface area contributed by atoms with Crippen molar-refractivity contribution in [1.82, 2.24) is 20.1 Å². The van der Waals surface area contributed by atoms with Gasteiger partial charge in [-0.3, -0.25) is 0 Å². The number of aromatic nitrogens is 3. The predicted molar refractivity (Wildman–Crippen MR) is 113 cm³/mol. The highest BCUT2D eigenvalue weighted by Gasteiger charge is 1.98. The highest BCUT2D eigenvalue weighted by atomic mass is 127. The van der Waals surface area contributed by atoms with Crippen molar-refractivity contribution in [3.05, 3.63) is 42.5 Å². The lowest BCUT2D eigenvalue weighted by Crippen LogP contribution is -2.32. The van der Waals surface area contributed by atoms with Crippen LogP contribution in [0.4, 0.5) is 0 Å². The molecule has 138 valence electrons. The molecule has 3 N–H and O–H groups in total. The standard InChI is InChI=1S/C18H28N6.HI/c1-2-3-4-5-6-7-12-21-18(19)22-13-16-8-10-17(11-9-16)24-15-20-14-23-24;/h8-11,14-15H,2-7,12-13H2,1H3,(H3,19,21,22);1H. The Balaban J connectivity index is 0.00000312. The van der Waals surface area contributed by atoms with E-state index in [-0.39, 0.29) is 24.0 Å². The lowest BCUT2D eigenvalue weighted by molar-refractivity contribution is 0.601. The van der Waals surface area contributed by atoms with Crippen LogP contribution in [0.3, 0.4) is 0 Å². The first-order valence-corrected chi connectivity index (χ1v) is 8.77. The van der Waals surface area contributed by atoms with Gasteiger partial charge in [-0.25, -0.2) is 14.7 Å². The van der Waals surface area contributed by atoms with Crippen LogP contribution in [0.15, 0.2) is 41.9 Å². The molecule has 0 aliphatic rings. The SMILES string of the molecule is CCCCCCCCNC(N)=NCc1ccc(-n2cncn2)cc1.I. The van der Waals surface area contributed by atoms with E-state index in [1.807, 2.05) is 24.3 Å². The van der Waals surface area contributed by atoms with E-state index >= 15 is 0 Å². The third-order valence-electron chi connectivity index (χ3n) is 3.89. The Morgan fingerprint density at radius 1 is 1.12 bits per heavy atom. The Kier molecular flexibility index (Phi) is 10.9. The van der Waals surface area contributed by atoms with Gasteiger partial charge in [0.15, 0.2) is 5.96 Å². The number of nitrogens with zero attached hydrogens (tertiary/aromatic N) is 4. The lowest BCUT2D eigenvalue weighted by atomic mass is 10.1. The van der Waals surface area contributed by atoms with Crippen molar-refractivity contribution in [2.24, 2.45) is 10.7 Å². The van der Waals surface area contributed by atoms with Crippen molar-refractivity contribution >= 4 is 29.9 Å². The molecule has 0 bridgehead atoms. The average Bonchev–Trinajstić information content (AvgIpc) is 3.14. The quantitative estimate of drug-likeness (QED) is 0.248. The fraction of sp³-hybridized carbons (Fsp3) is 0.500. The van der Waals surface area contributed by atoms with Crippen LogP contribution in [0.5, 0.6) is 0 Å². The zero-order valence-corrected chi connectivity index (χ0v) is 17.2. The van der Waals surface area contributed by atoms with Crippen molar-refractivity contribution in [1.29, 1.82) is 0 Å². The molecular formula is C18H29IN6. The summed E-state index contributed by atoms with van der Waals surface area (Å²) in [6, 6.07) is 8.06. The van der Waals surface area contributed by atoms with Crippen LogP contribution < -0.4 is 11.1 Å². The number of nitrogens with one attached hydrogen (secondary N) is 1. The zero-order chi connectivity index (χ0) is 17.0. The molecule has 1 heterocycles. The van der Waals surface area contributed by atoms with E-state index in [1.54, 1.807) is 11.0 Å². The molecule has 2 rings (SSSR count). The molecule has 0 spiro atoms. The first kappa shape index (κ1) is 21.4. The predicted octanol–water partition coefficient (Wildman–Crippen LogP) is 3.65. The van der Waals surface area contributed by atoms with Crippen LogP contribution in [0.25, 0.3) is 5.69 Å². The highest BCUT2D eigenvalue weighted by Crippen LogP contribution is 2.09. The topological polar surface area (TPSA) is 81.1 Å².